The van der Waals surface area contributed by atoms with Gasteiger partial charge in [-0.25, -0.2) is 9.50 Å². The van der Waals surface area contributed by atoms with Crippen LogP contribution in [0.2, 0.25) is 0 Å². The molecule has 3 fully saturated rings. The van der Waals surface area contributed by atoms with E-state index in [9.17, 15) is 20.3 Å². The predicted octanol–water partition coefficient (Wildman–Crippen LogP) is 2.43. The van der Waals surface area contributed by atoms with Crippen molar-refractivity contribution in [3.8, 4) is 6.07 Å². The molecule has 0 amide bonds. The number of anilines is 1. The molecule has 5 rings (SSSR count). The van der Waals surface area contributed by atoms with Gasteiger partial charge in [-0.2, -0.15) is 10.4 Å². The summed E-state index contributed by atoms with van der Waals surface area (Å²) < 4.78 is 13.1. The zero-order valence-electron chi connectivity index (χ0n) is 20.0. The molecule has 2 aromatic rings. The third kappa shape index (κ3) is 3.60. The van der Waals surface area contributed by atoms with E-state index in [1.54, 1.807) is 6.07 Å². The summed E-state index contributed by atoms with van der Waals surface area (Å²) in [6, 6.07) is 5.13. The van der Waals surface area contributed by atoms with Crippen molar-refractivity contribution in [2.24, 2.45) is 17.3 Å². The molecule has 10 heteroatoms. The average molecular weight is 484 g/mol. The number of aromatic nitrogens is 3. The van der Waals surface area contributed by atoms with Gasteiger partial charge in [0, 0.05) is 0 Å². The van der Waals surface area contributed by atoms with E-state index >= 15 is 0 Å². The van der Waals surface area contributed by atoms with Crippen LogP contribution in [0.5, 0.6) is 0 Å². The highest BCUT2D eigenvalue weighted by Crippen LogP contribution is 2.53. The second-order valence-corrected chi connectivity index (χ2v) is 10.4. The van der Waals surface area contributed by atoms with Gasteiger partial charge in [0.25, 0.3) is 0 Å². The number of aliphatic hydroxyl groups is 2. The van der Waals surface area contributed by atoms with Gasteiger partial charge in [0.15, 0.2) is 5.82 Å². The highest BCUT2D eigenvalue weighted by molar-refractivity contribution is 5.78. The van der Waals surface area contributed by atoms with Crippen molar-refractivity contribution >= 4 is 17.3 Å². The van der Waals surface area contributed by atoms with E-state index < -0.39 is 35.5 Å². The van der Waals surface area contributed by atoms with Crippen LogP contribution in [0.1, 0.15) is 70.4 Å². The molecular weight excluding hydrogens is 450 g/mol. The Hall–Kier alpha value is -2.74. The summed E-state index contributed by atoms with van der Waals surface area (Å²) in [5, 5.41) is 36.1. The van der Waals surface area contributed by atoms with Crippen LogP contribution in [0.4, 0.5) is 5.82 Å². The minimum Gasteiger partial charge on any atom is -0.432 e. The molecule has 10 nitrogen and oxygen atoms in total. The standard InChI is InChI=1S/C25H33N5O5/c1-15-7-5-6-12-24(15,16-8-3-2-4-9-16)23(33)34-22-19(31)20(32)25(13-26,35-22)18-11-10-17-21(27)28-14-29-30(17)18/h10-11,14-16,19-20,22,31-32H,2-9,12H2,1H3,(H2,27,28,29)/t15?,19-,20+,22-,24?,25-/m0/s1. The van der Waals surface area contributed by atoms with E-state index in [2.05, 4.69) is 17.0 Å². The van der Waals surface area contributed by atoms with Gasteiger partial charge in [-0.3, -0.25) is 4.79 Å². The topological polar surface area (TPSA) is 156 Å². The number of hydrogen-bond acceptors (Lipinski definition) is 9. The van der Waals surface area contributed by atoms with Crippen LogP contribution in [0.3, 0.4) is 0 Å². The quantitative estimate of drug-likeness (QED) is 0.556. The Kier molecular flexibility index (Phi) is 6.20. The molecule has 1 aliphatic heterocycles. The molecule has 3 aliphatic rings. The third-order valence-electron chi connectivity index (χ3n) is 8.64. The largest absolute Gasteiger partial charge is 0.432 e. The van der Waals surface area contributed by atoms with Crippen molar-refractivity contribution < 1.29 is 24.5 Å². The van der Waals surface area contributed by atoms with Gasteiger partial charge in [-0.1, -0.05) is 39.0 Å². The molecule has 0 spiro atoms. The Balaban J connectivity index is 1.46. The number of carbonyl (C=O) groups excluding carboxylic acids is 1. The average Bonchev–Trinajstić information content (AvgIpc) is 3.41. The summed E-state index contributed by atoms with van der Waals surface area (Å²) in [6.45, 7) is 2.12. The van der Waals surface area contributed by atoms with Gasteiger partial charge in [-0.15, -0.1) is 0 Å². The molecular formula is C25H33N5O5. The van der Waals surface area contributed by atoms with E-state index in [0.717, 1.165) is 51.4 Å². The van der Waals surface area contributed by atoms with Crippen LogP contribution in [0.25, 0.3) is 5.52 Å². The fourth-order valence-corrected chi connectivity index (χ4v) is 6.68. The van der Waals surface area contributed by atoms with Crippen LogP contribution in [0, 0.1) is 28.6 Å². The number of esters is 1. The van der Waals surface area contributed by atoms with Crippen LogP contribution in [-0.4, -0.2) is 49.3 Å². The Morgan fingerprint density at radius 3 is 2.69 bits per heavy atom. The highest BCUT2D eigenvalue weighted by Gasteiger charge is 2.61. The summed E-state index contributed by atoms with van der Waals surface area (Å²) in [5.41, 5.74) is 3.86. The van der Waals surface area contributed by atoms with Gasteiger partial charge in [0.1, 0.15) is 30.1 Å². The number of rotatable bonds is 4. The van der Waals surface area contributed by atoms with Gasteiger partial charge in [0.05, 0.1) is 11.1 Å². The number of nitrogens with zero attached hydrogens (tertiary/aromatic N) is 4. The van der Waals surface area contributed by atoms with E-state index in [4.69, 9.17) is 15.2 Å². The van der Waals surface area contributed by atoms with E-state index in [1.807, 2.05) is 6.07 Å². The van der Waals surface area contributed by atoms with Crippen molar-refractivity contribution in [3.05, 3.63) is 24.2 Å². The Morgan fingerprint density at radius 1 is 1.23 bits per heavy atom. The lowest BCUT2D eigenvalue weighted by atomic mass is 9.57. The first-order chi connectivity index (χ1) is 16.8. The summed E-state index contributed by atoms with van der Waals surface area (Å²) >= 11 is 0. The first kappa shape index (κ1) is 24.0. The first-order valence-corrected chi connectivity index (χ1v) is 12.6. The van der Waals surface area contributed by atoms with Crippen LogP contribution in [0.15, 0.2) is 18.5 Å². The number of nitriles is 1. The zero-order valence-corrected chi connectivity index (χ0v) is 20.0. The second kappa shape index (κ2) is 9.04. The van der Waals surface area contributed by atoms with Crippen LogP contribution >= 0.6 is 0 Å². The minimum atomic E-state index is -2.01. The molecule has 2 aromatic heterocycles. The van der Waals surface area contributed by atoms with Gasteiger partial charge in [-0.05, 0) is 49.7 Å². The maximum Gasteiger partial charge on any atom is 0.315 e. The normalized spacial score (nSPS) is 36.2. The van der Waals surface area contributed by atoms with Gasteiger partial charge in [0.2, 0.25) is 11.9 Å². The smallest absolute Gasteiger partial charge is 0.315 e. The zero-order chi connectivity index (χ0) is 24.8. The molecule has 6 atom stereocenters. The molecule has 1 saturated heterocycles. The number of carbonyl (C=O) groups is 1. The predicted molar refractivity (Wildman–Crippen MR) is 124 cm³/mol. The minimum absolute atomic E-state index is 0.144. The van der Waals surface area contributed by atoms with E-state index in [0.29, 0.717) is 5.52 Å². The number of nitrogen functional groups attached to an aromatic ring is 1. The SMILES string of the molecule is CC1CCCCC1(C(=O)O[C@H]1O[C@@](C#N)(c2ccc3c(N)ncnn23)[C@H](O)[C@@H]1O)C1CCCCC1. The molecule has 35 heavy (non-hydrogen) atoms. The molecule has 0 bridgehead atoms. The van der Waals surface area contributed by atoms with Crippen molar-refractivity contribution in [2.75, 3.05) is 5.73 Å². The molecule has 2 aliphatic carbocycles. The van der Waals surface area contributed by atoms with E-state index in [1.165, 1.54) is 23.3 Å². The number of ether oxygens (including phenoxy) is 2. The van der Waals surface area contributed by atoms with Crippen molar-refractivity contribution in [2.45, 2.75) is 88.8 Å². The van der Waals surface area contributed by atoms with Crippen molar-refractivity contribution in [3.63, 3.8) is 0 Å². The molecule has 2 saturated carbocycles. The van der Waals surface area contributed by atoms with Gasteiger partial charge >= 0.3 is 5.97 Å². The molecule has 0 aromatic carbocycles. The monoisotopic (exact) mass is 483 g/mol. The number of hydrogen-bond donors (Lipinski definition) is 3. The van der Waals surface area contributed by atoms with Crippen LogP contribution < -0.4 is 5.73 Å². The lowest BCUT2D eigenvalue weighted by Crippen LogP contribution is -2.49. The molecule has 3 heterocycles. The van der Waals surface area contributed by atoms with E-state index in [-0.39, 0.29) is 23.3 Å². The fraction of sp³-hybridized carbons (Fsp3) is 0.680. The second-order valence-electron chi connectivity index (χ2n) is 10.4. The molecule has 2 unspecified atom stereocenters. The summed E-state index contributed by atoms with van der Waals surface area (Å²) in [4.78, 5) is 17.8. The fourth-order valence-electron chi connectivity index (χ4n) is 6.68. The summed E-state index contributed by atoms with van der Waals surface area (Å²) in [6.07, 6.45) is 5.51. The lowest BCUT2D eigenvalue weighted by Gasteiger charge is -2.47. The number of nitrogens with two attached hydrogens (primary N) is 1. The maximum absolute atomic E-state index is 13.9. The lowest BCUT2D eigenvalue weighted by molar-refractivity contribution is -0.214. The maximum atomic E-state index is 13.9. The Morgan fingerprint density at radius 2 is 1.97 bits per heavy atom. The van der Waals surface area contributed by atoms with Crippen molar-refractivity contribution in [1.29, 1.82) is 5.26 Å². The number of aliphatic hydroxyl groups excluding tert-OH is 2. The van der Waals surface area contributed by atoms with Gasteiger partial charge < -0.3 is 25.4 Å². The molecule has 0 radical (unpaired) electrons. The molecule has 4 N–H and O–H groups in total. The molecule has 188 valence electrons. The Bertz CT molecular complexity index is 1140. The Labute approximate surface area is 204 Å². The number of fused-ring (bicyclic) bond motifs is 1. The van der Waals surface area contributed by atoms with Crippen LogP contribution in [-0.2, 0) is 19.9 Å². The first-order valence-electron chi connectivity index (χ1n) is 12.6. The summed E-state index contributed by atoms with van der Waals surface area (Å²) in [7, 11) is 0. The summed E-state index contributed by atoms with van der Waals surface area (Å²) in [5.74, 6) is 0.159. The third-order valence-corrected chi connectivity index (χ3v) is 8.64. The highest BCUT2D eigenvalue weighted by atomic mass is 16.7. The van der Waals surface area contributed by atoms with Crippen molar-refractivity contribution in [1.82, 2.24) is 14.6 Å².